The standard InChI is InChI=1S/C25H26N4O4S/c1-3-17-6-8-18(9-7-17)22-13-21(25(30)26-14-20-5-4-11-33-20)23-16(2)28-29(24(23)27-22)19-10-12-34(31,32)15-19/h4-9,11,13,19H,3,10,12,14-15H2,1-2H3,(H,26,30). The molecule has 3 aromatic heterocycles. The van der Waals surface area contributed by atoms with Crippen LogP contribution < -0.4 is 5.32 Å². The Bertz CT molecular complexity index is 1460. The molecule has 1 amide bonds. The van der Waals surface area contributed by atoms with Crippen molar-refractivity contribution >= 4 is 26.8 Å². The minimum absolute atomic E-state index is 0.0281. The number of nitrogens with zero attached hydrogens (tertiary/aromatic N) is 3. The highest BCUT2D eigenvalue weighted by atomic mass is 32.2. The molecule has 0 aliphatic carbocycles. The minimum atomic E-state index is -3.11. The minimum Gasteiger partial charge on any atom is -0.467 e. The first kappa shape index (κ1) is 22.3. The average molecular weight is 479 g/mol. The van der Waals surface area contributed by atoms with Crippen molar-refractivity contribution in [3.8, 4) is 11.3 Å². The Kier molecular flexibility index (Phi) is 5.73. The molecule has 1 fully saturated rings. The van der Waals surface area contributed by atoms with Crippen LogP contribution >= 0.6 is 0 Å². The van der Waals surface area contributed by atoms with E-state index in [-0.39, 0.29) is 30.0 Å². The Balaban J connectivity index is 1.63. The molecule has 176 valence electrons. The van der Waals surface area contributed by atoms with Gasteiger partial charge in [-0.3, -0.25) is 4.79 Å². The Labute approximate surface area is 197 Å². The van der Waals surface area contributed by atoms with E-state index in [1.54, 1.807) is 29.1 Å². The van der Waals surface area contributed by atoms with Gasteiger partial charge >= 0.3 is 0 Å². The second-order valence-electron chi connectivity index (χ2n) is 8.65. The summed E-state index contributed by atoms with van der Waals surface area (Å²) in [5.41, 5.74) is 4.35. The topological polar surface area (TPSA) is 107 Å². The van der Waals surface area contributed by atoms with Crippen molar-refractivity contribution in [2.24, 2.45) is 0 Å². The zero-order valence-corrected chi connectivity index (χ0v) is 19.9. The van der Waals surface area contributed by atoms with Crippen LogP contribution in [0.5, 0.6) is 0 Å². The highest BCUT2D eigenvalue weighted by Gasteiger charge is 2.32. The Hall–Kier alpha value is -3.46. The number of furan rings is 1. The molecule has 4 aromatic rings. The molecule has 1 unspecified atom stereocenters. The molecule has 8 nitrogen and oxygen atoms in total. The molecule has 1 aliphatic heterocycles. The number of benzene rings is 1. The molecular weight excluding hydrogens is 452 g/mol. The summed E-state index contributed by atoms with van der Waals surface area (Å²) < 4.78 is 31.3. The predicted molar refractivity (Wildman–Crippen MR) is 129 cm³/mol. The first-order valence-corrected chi connectivity index (χ1v) is 13.2. The summed E-state index contributed by atoms with van der Waals surface area (Å²) in [6.07, 6.45) is 2.97. The van der Waals surface area contributed by atoms with E-state index in [4.69, 9.17) is 9.40 Å². The molecule has 0 bridgehead atoms. The van der Waals surface area contributed by atoms with Gasteiger partial charge in [0.1, 0.15) is 5.76 Å². The van der Waals surface area contributed by atoms with Gasteiger partial charge in [-0.25, -0.2) is 18.1 Å². The summed E-state index contributed by atoms with van der Waals surface area (Å²) in [7, 11) is -3.11. The van der Waals surface area contributed by atoms with Crippen LogP contribution in [0, 0.1) is 6.92 Å². The summed E-state index contributed by atoms with van der Waals surface area (Å²) in [6, 6.07) is 13.1. The monoisotopic (exact) mass is 478 g/mol. The van der Waals surface area contributed by atoms with Crippen LogP contribution in [0.25, 0.3) is 22.3 Å². The van der Waals surface area contributed by atoms with E-state index in [9.17, 15) is 13.2 Å². The maximum Gasteiger partial charge on any atom is 0.252 e. The smallest absolute Gasteiger partial charge is 0.252 e. The second kappa shape index (κ2) is 8.72. The van der Waals surface area contributed by atoms with Crippen molar-refractivity contribution < 1.29 is 17.6 Å². The lowest BCUT2D eigenvalue weighted by Gasteiger charge is -2.12. The number of carbonyl (C=O) groups is 1. The number of hydrogen-bond acceptors (Lipinski definition) is 6. The van der Waals surface area contributed by atoms with Crippen LogP contribution in [-0.2, 0) is 22.8 Å². The fourth-order valence-electron chi connectivity index (χ4n) is 4.45. The SMILES string of the molecule is CCc1ccc(-c2cc(C(=O)NCc3ccco3)c3c(C)nn(C4CCS(=O)(=O)C4)c3n2)cc1. The molecule has 1 N–H and O–H groups in total. The van der Waals surface area contributed by atoms with Crippen molar-refractivity contribution in [3.63, 3.8) is 0 Å². The van der Waals surface area contributed by atoms with Gasteiger partial charge in [-0.2, -0.15) is 5.10 Å². The highest BCUT2D eigenvalue weighted by molar-refractivity contribution is 7.91. The lowest BCUT2D eigenvalue weighted by Crippen LogP contribution is -2.23. The first-order chi connectivity index (χ1) is 16.3. The maximum atomic E-state index is 13.3. The summed E-state index contributed by atoms with van der Waals surface area (Å²) in [5, 5.41) is 8.19. The van der Waals surface area contributed by atoms with Crippen molar-refractivity contribution in [2.45, 2.75) is 39.3 Å². The van der Waals surface area contributed by atoms with Gasteiger partial charge in [-0.1, -0.05) is 31.2 Å². The number of carbonyl (C=O) groups excluding carboxylic acids is 1. The van der Waals surface area contributed by atoms with Crippen molar-refractivity contribution in [1.82, 2.24) is 20.1 Å². The van der Waals surface area contributed by atoms with Gasteiger partial charge < -0.3 is 9.73 Å². The number of aryl methyl sites for hydroxylation is 2. The summed E-state index contributed by atoms with van der Waals surface area (Å²) in [5.74, 6) is 0.544. The van der Waals surface area contributed by atoms with Crippen LogP contribution in [-0.4, -0.2) is 40.6 Å². The quantitative estimate of drug-likeness (QED) is 0.451. The van der Waals surface area contributed by atoms with Gasteiger partial charge in [0, 0.05) is 5.56 Å². The molecule has 1 aliphatic rings. The lowest BCUT2D eigenvalue weighted by atomic mass is 10.0. The summed E-state index contributed by atoms with van der Waals surface area (Å²) >= 11 is 0. The first-order valence-electron chi connectivity index (χ1n) is 11.3. The number of amides is 1. The van der Waals surface area contributed by atoms with E-state index >= 15 is 0 Å². The van der Waals surface area contributed by atoms with Crippen molar-refractivity contribution in [1.29, 1.82) is 0 Å². The third kappa shape index (κ3) is 4.23. The molecule has 1 saturated heterocycles. The number of nitrogens with one attached hydrogen (secondary N) is 1. The largest absolute Gasteiger partial charge is 0.467 e. The highest BCUT2D eigenvalue weighted by Crippen LogP contribution is 2.32. The number of aromatic nitrogens is 3. The Morgan fingerprint density at radius 2 is 2.03 bits per heavy atom. The molecule has 0 radical (unpaired) electrons. The number of fused-ring (bicyclic) bond motifs is 1. The fraction of sp³-hybridized carbons (Fsp3) is 0.320. The van der Waals surface area contributed by atoms with Gasteiger partial charge in [0.15, 0.2) is 15.5 Å². The third-order valence-electron chi connectivity index (χ3n) is 6.30. The average Bonchev–Trinajstić information content (AvgIpc) is 3.56. The maximum absolute atomic E-state index is 13.3. The number of sulfone groups is 1. The van der Waals surface area contributed by atoms with E-state index < -0.39 is 9.84 Å². The van der Waals surface area contributed by atoms with Gasteiger partial charge in [0.2, 0.25) is 0 Å². The molecule has 34 heavy (non-hydrogen) atoms. The van der Waals surface area contributed by atoms with E-state index in [1.165, 1.54) is 5.56 Å². The third-order valence-corrected chi connectivity index (χ3v) is 8.05. The fourth-order valence-corrected chi connectivity index (χ4v) is 6.14. The molecule has 1 atom stereocenters. The molecule has 4 heterocycles. The van der Waals surface area contributed by atoms with Gasteiger partial charge in [0.05, 0.1) is 52.7 Å². The number of rotatable bonds is 6. The van der Waals surface area contributed by atoms with E-state index in [1.807, 2.05) is 31.2 Å². The Morgan fingerprint density at radius 3 is 2.68 bits per heavy atom. The van der Waals surface area contributed by atoms with E-state index in [0.29, 0.717) is 40.2 Å². The van der Waals surface area contributed by atoms with Gasteiger partial charge in [-0.15, -0.1) is 0 Å². The van der Waals surface area contributed by atoms with Crippen molar-refractivity contribution in [3.05, 3.63) is 71.3 Å². The molecule has 1 aromatic carbocycles. The molecular formula is C25H26N4O4S. The molecule has 0 saturated carbocycles. The summed E-state index contributed by atoms with van der Waals surface area (Å²) in [6.45, 7) is 4.17. The van der Waals surface area contributed by atoms with E-state index in [2.05, 4.69) is 17.3 Å². The number of hydrogen-bond donors (Lipinski definition) is 1. The lowest BCUT2D eigenvalue weighted by molar-refractivity contribution is 0.0949. The summed E-state index contributed by atoms with van der Waals surface area (Å²) in [4.78, 5) is 18.2. The van der Waals surface area contributed by atoms with Crippen LogP contribution in [0.4, 0.5) is 0 Å². The predicted octanol–water partition coefficient (Wildman–Crippen LogP) is 3.85. The van der Waals surface area contributed by atoms with Gasteiger partial charge in [-0.05, 0) is 43.5 Å². The van der Waals surface area contributed by atoms with Crippen LogP contribution in [0.15, 0.2) is 53.1 Å². The van der Waals surface area contributed by atoms with Crippen molar-refractivity contribution in [2.75, 3.05) is 11.5 Å². The van der Waals surface area contributed by atoms with Crippen LogP contribution in [0.2, 0.25) is 0 Å². The second-order valence-corrected chi connectivity index (χ2v) is 10.9. The van der Waals surface area contributed by atoms with Crippen LogP contribution in [0.1, 0.15) is 46.8 Å². The normalized spacial score (nSPS) is 17.3. The molecule has 0 spiro atoms. The zero-order chi connectivity index (χ0) is 23.9. The number of pyridine rings is 1. The van der Waals surface area contributed by atoms with E-state index in [0.717, 1.165) is 12.0 Å². The Morgan fingerprint density at radius 1 is 1.24 bits per heavy atom. The van der Waals surface area contributed by atoms with Crippen LogP contribution in [0.3, 0.4) is 0 Å². The zero-order valence-electron chi connectivity index (χ0n) is 19.1. The molecule has 9 heteroatoms. The van der Waals surface area contributed by atoms with Gasteiger partial charge in [0.25, 0.3) is 5.91 Å². The molecule has 5 rings (SSSR count).